The fraction of sp³-hybridized carbons (Fsp3) is 0.444. The van der Waals surface area contributed by atoms with Crippen LogP contribution in [0.3, 0.4) is 0 Å². The summed E-state index contributed by atoms with van der Waals surface area (Å²) in [4.78, 5) is 4.75. The van der Waals surface area contributed by atoms with Gasteiger partial charge in [-0.3, -0.25) is 0 Å². The van der Waals surface area contributed by atoms with Gasteiger partial charge in [0.2, 0.25) is 0 Å². The minimum atomic E-state index is -2.62. The van der Waals surface area contributed by atoms with E-state index in [2.05, 4.69) is 11.3 Å². The molecule has 8 heteroatoms. The average Bonchev–Trinajstić information content (AvgIpc) is 3.28. The van der Waals surface area contributed by atoms with Crippen LogP contribution in [0, 0.1) is 5.92 Å². The van der Waals surface area contributed by atoms with E-state index in [0.29, 0.717) is 22.1 Å². The van der Waals surface area contributed by atoms with Gasteiger partial charge in [-0.05, 0) is 50.3 Å². The lowest BCUT2D eigenvalue weighted by molar-refractivity contribution is 0.0566. The zero-order valence-corrected chi connectivity index (χ0v) is 15.1. The second kappa shape index (κ2) is 7.72. The second-order valence-corrected chi connectivity index (χ2v) is 6.79. The second-order valence-electron chi connectivity index (χ2n) is 6.79. The van der Waals surface area contributed by atoms with Gasteiger partial charge in [-0.1, -0.05) is 0 Å². The number of alkyl halides is 2. The molecule has 0 unspecified atom stereocenters. The van der Waals surface area contributed by atoms with E-state index in [1.807, 2.05) is 22.7 Å². The number of hydrogen-bond acceptors (Lipinski definition) is 3. The first-order valence-electron chi connectivity index (χ1n) is 8.65. The van der Waals surface area contributed by atoms with Gasteiger partial charge >= 0.3 is 6.55 Å². The highest BCUT2D eigenvalue weighted by Crippen LogP contribution is 2.35. The molecule has 1 aliphatic rings. The van der Waals surface area contributed by atoms with Crippen LogP contribution in [0.1, 0.15) is 43.8 Å². The summed E-state index contributed by atoms with van der Waals surface area (Å²) in [5.41, 5.74) is 9.26. The summed E-state index contributed by atoms with van der Waals surface area (Å²) >= 11 is 0. The van der Waals surface area contributed by atoms with Crippen molar-refractivity contribution >= 4 is 18.1 Å². The predicted molar refractivity (Wildman–Crippen MR) is 98.7 cm³/mol. The quantitative estimate of drug-likeness (QED) is 0.735. The normalized spacial score (nSPS) is 20.5. The van der Waals surface area contributed by atoms with Gasteiger partial charge in [0, 0.05) is 35.6 Å². The molecule has 0 spiro atoms. The Labute approximate surface area is 156 Å². The van der Waals surface area contributed by atoms with Gasteiger partial charge < -0.3 is 10.1 Å². The van der Waals surface area contributed by atoms with Gasteiger partial charge in [0.15, 0.2) is 0 Å². The van der Waals surface area contributed by atoms with Crippen molar-refractivity contribution in [2.75, 3.05) is 6.54 Å². The Morgan fingerprint density at radius 1 is 1.08 bits per heavy atom. The molecule has 1 saturated carbocycles. The average molecular weight is 382 g/mol. The van der Waals surface area contributed by atoms with Crippen LogP contribution in [0.4, 0.5) is 8.78 Å². The molecule has 0 aliphatic heterocycles. The summed E-state index contributed by atoms with van der Waals surface area (Å²) in [6.07, 6.45) is 11.4. The lowest BCUT2D eigenvalue weighted by atomic mass is 9.81. The highest BCUT2D eigenvalue weighted by molar-refractivity contribution is 5.85. The number of nitrogens with zero attached hydrogens (tertiary/aromatic N) is 4. The molecule has 0 radical (unpaired) electrons. The van der Waals surface area contributed by atoms with Crippen molar-refractivity contribution in [2.45, 2.75) is 38.2 Å². The predicted octanol–water partition coefficient (Wildman–Crippen LogP) is 4.25. The molecule has 0 saturated heterocycles. The van der Waals surface area contributed by atoms with Crippen molar-refractivity contribution in [1.82, 2.24) is 19.2 Å². The van der Waals surface area contributed by atoms with Gasteiger partial charge in [0.25, 0.3) is 0 Å². The van der Waals surface area contributed by atoms with E-state index >= 15 is 0 Å². The van der Waals surface area contributed by atoms with E-state index in [1.165, 1.54) is 12.4 Å². The maximum absolute atomic E-state index is 12.7. The molecule has 3 aromatic rings. The molecule has 3 aromatic heterocycles. The number of nitrogens with two attached hydrogens (primary N) is 1. The third-order valence-corrected chi connectivity index (χ3v) is 5.20. The lowest BCUT2D eigenvalue weighted by Gasteiger charge is -2.26. The molecule has 0 atom stereocenters. The van der Waals surface area contributed by atoms with Crippen molar-refractivity contribution in [3.8, 4) is 11.1 Å². The summed E-state index contributed by atoms with van der Waals surface area (Å²) in [6.45, 7) is -1.85. The molecule has 4 rings (SSSR count). The number of fused-ring (bicyclic) bond motifs is 1. The van der Waals surface area contributed by atoms with Crippen LogP contribution in [0.2, 0.25) is 0 Å². The van der Waals surface area contributed by atoms with Crippen molar-refractivity contribution in [3.05, 3.63) is 42.6 Å². The maximum atomic E-state index is 12.7. The van der Waals surface area contributed by atoms with E-state index in [4.69, 9.17) is 10.7 Å². The molecular weight excluding hydrogens is 360 g/mol. The summed E-state index contributed by atoms with van der Waals surface area (Å²) in [6, 6.07) is 3.81. The minimum absolute atomic E-state index is 0. The Balaban J connectivity index is 0.00000196. The first-order valence-corrected chi connectivity index (χ1v) is 8.65. The van der Waals surface area contributed by atoms with E-state index < -0.39 is 6.55 Å². The fourth-order valence-corrected chi connectivity index (χ4v) is 3.67. The van der Waals surface area contributed by atoms with Gasteiger partial charge in [-0.25, -0.2) is 9.67 Å². The molecular formula is C18H22ClF2N5. The minimum Gasteiger partial charge on any atom is -0.330 e. The Bertz CT molecular complexity index is 867. The molecule has 2 N–H and O–H groups in total. The topological polar surface area (TPSA) is 61.1 Å². The summed E-state index contributed by atoms with van der Waals surface area (Å²) < 4.78 is 28.0. The number of rotatable bonds is 4. The van der Waals surface area contributed by atoms with Gasteiger partial charge in [0.05, 0.1) is 11.9 Å². The SMILES string of the molecule is Cl.NCC1CCC(c2cn3cc(-c4cnn(C(F)F)c4)ccc3n2)CC1. The molecule has 1 aliphatic carbocycles. The zero-order chi connectivity index (χ0) is 17.4. The summed E-state index contributed by atoms with van der Waals surface area (Å²) in [5.74, 6) is 1.12. The molecule has 26 heavy (non-hydrogen) atoms. The first kappa shape index (κ1) is 18.8. The molecule has 5 nitrogen and oxygen atoms in total. The molecule has 0 bridgehead atoms. The smallest absolute Gasteiger partial charge is 0.330 e. The van der Waals surface area contributed by atoms with Crippen molar-refractivity contribution < 1.29 is 8.78 Å². The van der Waals surface area contributed by atoms with Crippen LogP contribution >= 0.6 is 12.4 Å². The third kappa shape index (κ3) is 3.59. The zero-order valence-electron chi connectivity index (χ0n) is 14.3. The molecule has 0 amide bonds. The van der Waals surface area contributed by atoms with E-state index in [0.717, 1.165) is 49.1 Å². The van der Waals surface area contributed by atoms with Gasteiger partial charge in [-0.15, -0.1) is 12.4 Å². The van der Waals surface area contributed by atoms with E-state index in [9.17, 15) is 8.78 Å². The van der Waals surface area contributed by atoms with Crippen LogP contribution in [0.25, 0.3) is 16.8 Å². The molecule has 0 aromatic carbocycles. The largest absolute Gasteiger partial charge is 0.333 e. The number of halogens is 3. The van der Waals surface area contributed by atoms with Crippen molar-refractivity contribution in [1.29, 1.82) is 0 Å². The highest BCUT2D eigenvalue weighted by atomic mass is 35.5. The Hall–Kier alpha value is -1.99. The Morgan fingerprint density at radius 3 is 2.50 bits per heavy atom. The van der Waals surface area contributed by atoms with Crippen LogP contribution < -0.4 is 5.73 Å². The molecule has 3 heterocycles. The fourth-order valence-electron chi connectivity index (χ4n) is 3.67. The summed E-state index contributed by atoms with van der Waals surface area (Å²) in [5, 5.41) is 3.70. The number of pyridine rings is 1. The lowest BCUT2D eigenvalue weighted by Crippen LogP contribution is -2.20. The van der Waals surface area contributed by atoms with Gasteiger partial charge in [-0.2, -0.15) is 13.9 Å². The first-order chi connectivity index (χ1) is 12.1. The van der Waals surface area contributed by atoms with Crippen molar-refractivity contribution in [3.63, 3.8) is 0 Å². The van der Waals surface area contributed by atoms with E-state index in [1.54, 1.807) is 0 Å². The van der Waals surface area contributed by atoms with Crippen LogP contribution in [0.15, 0.2) is 36.9 Å². The third-order valence-electron chi connectivity index (χ3n) is 5.20. The standard InChI is InChI=1S/C18H21F2N5.ClH/c19-18(20)25-10-15(8-22-25)14-5-6-17-23-16(11-24(17)9-14)13-3-1-12(7-21)2-4-13;/h5-6,8-13,18H,1-4,7,21H2;1H. The Morgan fingerprint density at radius 2 is 1.85 bits per heavy atom. The number of hydrogen-bond donors (Lipinski definition) is 1. The monoisotopic (exact) mass is 381 g/mol. The van der Waals surface area contributed by atoms with Crippen LogP contribution in [-0.4, -0.2) is 25.7 Å². The number of imidazole rings is 1. The van der Waals surface area contributed by atoms with Gasteiger partial charge in [0.1, 0.15) is 5.65 Å². The molecule has 140 valence electrons. The maximum Gasteiger partial charge on any atom is 0.333 e. The Kier molecular flexibility index (Phi) is 5.58. The van der Waals surface area contributed by atoms with E-state index in [-0.39, 0.29) is 12.4 Å². The summed E-state index contributed by atoms with van der Waals surface area (Å²) in [7, 11) is 0. The van der Waals surface area contributed by atoms with Crippen LogP contribution in [0.5, 0.6) is 0 Å². The van der Waals surface area contributed by atoms with Crippen LogP contribution in [-0.2, 0) is 0 Å². The molecule has 1 fully saturated rings. The van der Waals surface area contributed by atoms with Crippen molar-refractivity contribution in [2.24, 2.45) is 11.7 Å². The number of aromatic nitrogens is 4. The highest BCUT2D eigenvalue weighted by Gasteiger charge is 2.23.